The van der Waals surface area contributed by atoms with E-state index in [9.17, 15) is 9.90 Å². The van der Waals surface area contributed by atoms with Crippen molar-refractivity contribution >= 4 is 29.1 Å². The summed E-state index contributed by atoms with van der Waals surface area (Å²) < 4.78 is 5.47. The van der Waals surface area contributed by atoms with E-state index in [2.05, 4.69) is 10.6 Å². The fraction of sp³-hybridized carbons (Fsp3) is 0.350. The fourth-order valence-corrected chi connectivity index (χ4v) is 4.36. The fourth-order valence-electron chi connectivity index (χ4n) is 4.10. The molecule has 3 aliphatic rings. The standard InChI is InChI=1S/C20H20Cl2N2O3/c21-14-3-1-13(2-4-14)18(26)24-20-10-19(11-20,12-20)23-17(25)9-27-16-7-5-15(22)6-8-16/h1-8,18,24,26H,9-12H2,(H,23,25). The van der Waals surface area contributed by atoms with Crippen LogP contribution in [0.15, 0.2) is 48.5 Å². The molecule has 3 fully saturated rings. The Labute approximate surface area is 167 Å². The van der Waals surface area contributed by atoms with Crippen LogP contribution in [0.4, 0.5) is 0 Å². The number of hydrogen-bond donors (Lipinski definition) is 3. The van der Waals surface area contributed by atoms with Gasteiger partial charge in [0.2, 0.25) is 0 Å². The first-order valence-corrected chi connectivity index (χ1v) is 9.53. The molecule has 2 aromatic carbocycles. The topological polar surface area (TPSA) is 70.6 Å². The van der Waals surface area contributed by atoms with Gasteiger partial charge in [0.05, 0.1) is 0 Å². The third-order valence-electron chi connectivity index (χ3n) is 5.25. The Morgan fingerprint density at radius 2 is 1.56 bits per heavy atom. The number of aliphatic hydroxyl groups excluding tert-OH is 1. The maximum Gasteiger partial charge on any atom is 0.258 e. The van der Waals surface area contributed by atoms with E-state index in [4.69, 9.17) is 27.9 Å². The Hall–Kier alpha value is -1.79. The van der Waals surface area contributed by atoms with Crippen molar-refractivity contribution in [1.29, 1.82) is 0 Å². The van der Waals surface area contributed by atoms with Crippen LogP contribution in [0.5, 0.6) is 5.75 Å². The number of carbonyl (C=O) groups is 1. The molecule has 3 N–H and O–H groups in total. The molecule has 7 heteroatoms. The van der Waals surface area contributed by atoms with E-state index in [1.165, 1.54) is 0 Å². The average molecular weight is 407 g/mol. The van der Waals surface area contributed by atoms with Crippen LogP contribution in [-0.2, 0) is 4.79 Å². The maximum atomic E-state index is 12.2. The molecule has 0 saturated heterocycles. The molecule has 0 aromatic heterocycles. The molecule has 1 atom stereocenters. The van der Waals surface area contributed by atoms with Gasteiger partial charge in [0.1, 0.15) is 12.0 Å². The molecule has 142 valence electrons. The van der Waals surface area contributed by atoms with E-state index in [1.807, 2.05) is 0 Å². The van der Waals surface area contributed by atoms with Crippen LogP contribution in [-0.4, -0.2) is 28.7 Å². The van der Waals surface area contributed by atoms with Crippen molar-refractivity contribution in [3.63, 3.8) is 0 Å². The SMILES string of the molecule is O=C(COc1ccc(Cl)cc1)NC12CC(NC(O)c3ccc(Cl)cc3)(C1)C2. The van der Waals surface area contributed by atoms with Gasteiger partial charge in [-0.1, -0.05) is 35.3 Å². The predicted octanol–water partition coefficient (Wildman–Crippen LogP) is 3.44. The minimum absolute atomic E-state index is 0.0305. The summed E-state index contributed by atoms with van der Waals surface area (Å²) in [4.78, 5) is 12.2. The van der Waals surface area contributed by atoms with Crippen molar-refractivity contribution in [1.82, 2.24) is 10.6 Å². The lowest BCUT2D eigenvalue weighted by Crippen LogP contribution is -2.83. The second kappa shape index (κ2) is 6.99. The molecule has 5 nitrogen and oxygen atoms in total. The van der Waals surface area contributed by atoms with Crippen LogP contribution in [0, 0.1) is 0 Å². The monoisotopic (exact) mass is 406 g/mol. The number of amides is 1. The Morgan fingerprint density at radius 3 is 2.15 bits per heavy atom. The lowest BCUT2D eigenvalue weighted by Gasteiger charge is -2.71. The van der Waals surface area contributed by atoms with Crippen molar-refractivity contribution in [2.45, 2.75) is 36.6 Å². The van der Waals surface area contributed by atoms with Crippen LogP contribution in [0.1, 0.15) is 31.1 Å². The van der Waals surface area contributed by atoms with E-state index in [0.717, 1.165) is 24.8 Å². The van der Waals surface area contributed by atoms with Crippen molar-refractivity contribution in [2.75, 3.05) is 6.61 Å². The minimum atomic E-state index is -0.746. The van der Waals surface area contributed by atoms with Crippen molar-refractivity contribution in [3.8, 4) is 5.75 Å². The average Bonchev–Trinajstić information content (AvgIpc) is 2.59. The van der Waals surface area contributed by atoms with Crippen molar-refractivity contribution in [2.24, 2.45) is 0 Å². The summed E-state index contributed by atoms with van der Waals surface area (Å²) in [6.07, 6.45) is 1.66. The number of nitrogens with one attached hydrogen (secondary N) is 2. The molecule has 5 rings (SSSR count). The lowest BCUT2D eigenvalue weighted by molar-refractivity contribution is -0.151. The van der Waals surface area contributed by atoms with Gasteiger partial charge in [-0.05, 0) is 61.2 Å². The summed E-state index contributed by atoms with van der Waals surface area (Å²) in [5.41, 5.74) is 0.495. The Morgan fingerprint density at radius 1 is 1.00 bits per heavy atom. The summed E-state index contributed by atoms with van der Waals surface area (Å²) in [7, 11) is 0. The molecule has 0 aliphatic heterocycles. The highest BCUT2D eigenvalue weighted by atomic mass is 35.5. The van der Waals surface area contributed by atoms with Crippen LogP contribution < -0.4 is 15.4 Å². The minimum Gasteiger partial charge on any atom is -0.484 e. The first-order chi connectivity index (χ1) is 12.9. The highest BCUT2D eigenvalue weighted by Gasteiger charge is 2.68. The van der Waals surface area contributed by atoms with Gasteiger partial charge in [0, 0.05) is 21.1 Å². The molecule has 0 heterocycles. The van der Waals surface area contributed by atoms with Crippen molar-refractivity contribution in [3.05, 3.63) is 64.1 Å². The summed E-state index contributed by atoms with van der Waals surface area (Å²) in [5, 5.41) is 18.0. The summed E-state index contributed by atoms with van der Waals surface area (Å²) in [5.74, 6) is 0.466. The largest absolute Gasteiger partial charge is 0.484 e. The third kappa shape index (κ3) is 3.92. The molecule has 1 unspecified atom stereocenters. The smallest absolute Gasteiger partial charge is 0.258 e. The molecule has 27 heavy (non-hydrogen) atoms. The number of ether oxygens (including phenoxy) is 1. The van der Waals surface area contributed by atoms with E-state index in [-0.39, 0.29) is 23.6 Å². The second-order valence-corrected chi connectivity index (χ2v) is 8.35. The number of rotatable bonds is 7. The van der Waals surface area contributed by atoms with Crippen molar-refractivity contribution < 1.29 is 14.6 Å². The first kappa shape index (κ1) is 18.6. The molecule has 3 saturated carbocycles. The Balaban J connectivity index is 1.22. The zero-order valence-electron chi connectivity index (χ0n) is 14.5. The summed E-state index contributed by atoms with van der Waals surface area (Å²) in [6, 6.07) is 14.0. The molecular weight excluding hydrogens is 387 g/mol. The van der Waals surface area contributed by atoms with Gasteiger partial charge >= 0.3 is 0 Å². The summed E-state index contributed by atoms with van der Waals surface area (Å²) >= 11 is 11.7. The first-order valence-electron chi connectivity index (χ1n) is 8.78. The van der Waals surface area contributed by atoms with Gasteiger partial charge < -0.3 is 15.2 Å². The normalized spacial score (nSPS) is 26.5. The van der Waals surface area contributed by atoms with Crippen LogP contribution >= 0.6 is 23.2 Å². The molecule has 0 spiro atoms. The number of hydrogen-bond acceptors (Lipinski definition) is 4. The van der Waals surface area contributed by atoms with Gasteiger partial charge in [0.25, 0.3) is 5.91 Å². The summed E-state index contributed by atoms with van der Waals surface area (Å²) in [6.45, 7) is -0.0305. The molecule has 0 radical (unpaired) electrons. The zero-order valence-corrected chi connectivity index (χ0v) is 16.1. The van der Waals surface area contributed by atoms with Gasteiger partial charge in [-0.3, -0.25) is 10.1 Å². The van der Waals surface area contributed by atoms with Gasteiger partial charge in [-0.2, -0.15) is 0 Å². The number of halogens is 2. The number of carbonyl (C=O) groups excluding carboxylic acids is 1. The maximum absolute atomic E-state index is 12.2. The van der Waals surface area contributed by atoms with Crippen LogP contribution in [0.3, 0.4) is 0 Å². The van der Waals surface area contributed by atoms with E-state index in [0.29, 0.717) is 15.8 Å². The van der Waals surface area contributed by atoms with E-state index < -0.39 is 6.23 Å². The quantitative estimate of drug-likeness (QED) is 0.615. The van der Waals surface area contributed by atoms with Crippen LogP contribution in [0.2, 0.25) is 10.0 Å². The molecular formula is C20H20Cl2N2O3. The highest BCUT2D eigenvalue weighted by Crippen LogP contribution is 2.60. The Kier molecular flexibility index (Phi) is 4.80. The van der Waals surface area contributed by atoms with Gasteiger partial charge in [0.15, 0.2) is 6.61 Å². The number of aliphatic hydroxyl groups is 1. The second-order valence-electron chi connectivity index (χ2n) is 7.48. The molecule has 1 amide bonds. The van der Waals surface area contributed by atoms with E-state index >= 15 is 0 Å². The third-order valence-corrected chi connectivity index (χ3v) is 5.75. The number of benzene rings is 2. The van der Waals surface area contributed by atoms with Gasteiger partial charge in [-0.25, -0.2) is 0 Å². The molecule has 3 aliphatic carbocycles. The predicted molar refractivity (Wildman–Crippen MR) is 104 cm³/mol. The van der Waals surface area contributed by atoms with Gasteiger partial charge in [-0.15, -0.1) is 0 Å². The molecule has 2 bridgehead atoms. The van der Waals surface area contributed by atoms with E-state index in [1.54, 1.807) is 48.5 Å². The Bertz CT molecular complexity index is 820. The zero-order chi connectivity index (χ0) is 19.1. The van der Waals surface area contributed by atoms with Crippen LogP contribution in [0.25, 0.3) is 0 Å². The lowest BCUT2D eigenvalue weighted by atomic mass is 9.44. The molecule has 2 aromatic rings. The highest BCUT2D eigenvalue weighted by molar-refractivity contribution is 6.30.